The lowest BCUT2D eigenvalue weighted by molar-refractivity contribution is -0.121. The van der Waals surface area contributed by atoms with Crippen LogP contribution in [0.2, 0.25) is 0 Å². The zero-order chi connectivity index (χ0) is 23.2. The highest BCUT2D eigenvalue weighted by Gasteiger charge is 2.65. The molecule has 33 heavy (non-hydrogen) atoms. The second kappa shape index (κ2) is 6.35. The van der Waals surface area contributed by atoms with Crippen LogP contribution in [0.4, 0.5) is 15.2 Å². The van der Waals surface area contributed by atoms with Crippen molar-refractivity contribution in [2.24, 2.45) is 0 Å². The topological polar surface area (TPSA) is 83.7 Å². The summed E-state index contributed by atoms with van der Waals surface area (Å²) in [6.07, 6.45) is 0. The Kier molecular flexibility index (Phi) is 3.81. The summed E-state index contributed by atoms with van der Waals surface area (Å²) in [5, 5.41) is 0.253. The van der Waals surface area contributed by atoms with Crippen molar-refractivity contribution in [1.82, 2.24) is 4.98 Å². The third-order valence-electron chi connectivity index (χ3n) is 6.42. The molecular formula is C24H16FN3O4S. The number of halogens is 1. The molecular weight excluding hydrogens is 445 g/mol. The second-order valence-corrected chi connectivity index (χ2v) is 9.33. The Morgan fingerprint density at radius 2 is 1.85 bits per heavy atom. The minimum atomic E-state index is -1.80. The van der Waals surface area contributed by atoms with E-state index in [4.69, 9.17) is 4.42 Å². The summed E-state index contributed by atoms with van der Waals surface area (Å²) in [4.78, 5) is 49.7. The van der Waals surface area contributed by atoms with Crippen molar-refractivity contribution in [2.75, 3.05) is 16.8 Å². The molecule has 2 aromatic carbocycles. The predicted octanol–water partition coefficient (Wildman–Crippen LogP) is 3.89. The predicted molar refractivity (Wildman–Crippen MR) is 121 cm³/mol. The fraction of sp³-hybridized carbons (Fsp3) is 0.167. The fourth-order valence-electron chi connectivity index (χ4n) is 4.79. The van der Waals surface area contributed by atoms with Gasteiger partial charge in [-0.2, -0.15) is 0 Å². The van der Waals surface area contributed by atoms with Crippen molar-refractivity contribution >= 4 is 44.9 Å². The molecule has 2 aliphatic heterocycles. The first-order chi connectivity index (χ1) is 15.8. The standard InChI is InChI=1S/C24H16FN3O4S/c1-11-12(2)33-23(26-11)28-21(30)20-18(19(29)14-10-13(25)8-9-17(14)32-20)24(28)15-6-4-5-7-16(15)27(3)22(24)31/h4-10H,1-3H3. The molecule has 7 nitrogen and oxygen atoms in total. The maximum absolute atomic E-state index is 14.0. The molecule has 164 valence electrons. The van der Waals surface area contributed by atoms with Crippen molar-refractivity contribution in [2.45, 2.75) is 19.4 Å². The molecule has 2 amide bonds. The Balaban J connectivity index is 1.81. The molecule has 0 N–H and O–H groups in total. The quantitative estimate of drug-likeness (QED) is 0.430. The average molecular weight is 461 g/mol. The molecule has 0 radical (unpaired) electrons. The van der Waals surface area contributed by atoms with E-state index < -0.39 is 28.6 Å². The summed E-state index contributed by atoms with van der Waals surface area (Å²) in [7, 11) is 1.59. The lowest BCUT2D eigenvalue weighted by Crippen LogP contribution is -2.53. The van der Waals surface area contributed by atoms with Gasteiger partial charge in [0.2, 0.25) is 5.76 Å². The average Bonchev–Trinajstić information content (AvgIpc) is 3.34. The van der Waals surface area contributed by atoms with Crippen molar-refractivity contribution in [3.8, 4) is 0 Å². The number of rotatable bonds is 1. The van der Waals surface area contributed by atoms with E-state index in [0.29, 0.717) is 16.9 Å². The Bertz CT molecular complexity index is 1590. The summed E-state index contributed by atoms with van der Waals surface area (Å²) in [5.41, 5.74) is -0.704. The van der Waals surface area contributed by atoms with Gasteiger partial charge >= 0.3 is 0 Å². The van der Waals surface area contributed by atoms with Gasteiger partial charge in [-0.15, -0.1) is 11.3 Å². The number of hydrogen-bond donors (Lipinski definition) is 0. The van der Waals surface area contributed by atoms with Crippen LogP contribution >= 0.6 is 11.3 Å². The molecule has 0 bridgehead atoms. The third-order valence-corrected chi connectivity index (χ3v) is 7.48. The number of carbonyl (C=O) groups excluding carboxylic acids is 2. The van der Waals surface area contributed by atoms with E-state index in [1.807, 2.05) is 13.8 Å². The largest absolute Gasteiger partial charge is 0.450 e. The number of fused-ring (bicyclic) bond motifs is 5. The number of aryl methyl sites for hydroxylation is 2. The van der Waals surface area contributed by atoms with Crippen LogP contribution in [0.25, 0.3) is 11.0 Å². The summed E-state index contributed by atoms with van der Waals surface area (Å²) >= 11 is 1.26. The number of thiazole rings is 1. The number of likely N-dealkylation sites (N-methyl/N-ethyl adjacent to an activating group) is 1. The Morgan fingerprint density at radius 3 is 2.58 bits per heavy atom. The number of carbonyl (C=O) groups is 2. The van der Waals surface area contributed by atoms with E-state index in [9.17, 15) is 18.8 Å². The van der Waals surface area contributed by atoms with Crippen molar-refractivity contribution < 1.29 is 18.4 Å². The highest BCUT2D eigenvalue weighted by Crippen LogP contribution is 2.54. The number of amides is 2. The first-order valence-electron chi connectivity index (χ1n) is 10.2. The molecule has 1 unspecified atom stereocenters. The zero-order valence-corrected chi connectivity index (χ0v) is 18.6. The van der Waals surface area contributed by atoms with Gasteiger partial charge < -0.3 is 9.32 Å². The molecule has 2 aromatic heterocycles. The molecule has 6 rings (SSSR count). The van der Waals surface area contributed by atoms with Crippen LogP contribution < -0.4 is 15.2 Å². The molecule has 4 aromatic rings. The number of hydrogen-bond acceptors (Lipinski definition) is 6. The van der Waals surface area contributed by atoms with E-state index in [1.54, 1.807) is 31.3 Å². The summed E-state index contributed by atoms with van der Waals surface area (Å²) < 4.78 is 19.9. The highest BCUT2D eigenvalue weighted by molar-refractivity contribution is 7.16. The van der Waals surface area contributed by atoms with Crippen molar-refractivity contribution in [3.05, 3.63) is 86.0 Å². The molecule has 1 spiro atoms. The monoisotopic (exact) mass is 461 g/mol. The lowest BCUT2D eigenvalue weighted by atomic mass is 9.84. The van der Waals surface area contributed by atoms with Crippen LogP contribution in [0, 0.1) is 19.7 Å². The molecule has 0 saturated heterocycles. The molecule has 9 heteroatoms. The van der Waals surface area contributed by atoms with Crippen LogP contribution in [0.5, 0.6) is 0 Å². The summed E-state index contributed by atoms with van der Waals surface area (Å²) in [5.74, 6) is -1.97. The van der Waals surface area contributed by atoms with Gasteiger partial charge in [0.25, 0.3) is 11.8 Å². The normalized spacial score (nSPS) is 19.2. The summed E-state index contributed by atoms with van der Waals surface area (Å²) in [6.45, 7) is 3.68. The minimum absolute atomic E-state index is 0.0332. The highest BCUT2D eigenvalue weighted by atomic mass is 32.1. The van der Waals surface area contributed by atoms with Crippen LogP contribution in [0.3, 0.4) is 0 Å². The smallest absolute Gasteiger partial charge is 0.297 e. The lowest BCUT2D eigenvalue weighted by Gasteiger charge is -2.31. The van der Waals surface area contributed by atoms with Crippen LogP contribution in [-0.2, 0) is 10.3 Å². The van der Waals surface area contributed by atoms with Gasteiger partial charge in [-0.05, 0) is 38.1 Å². The Hall–Kier alpha value is -3.85. The van der Waals surface area contributed by atoms with E-state index in [0.717, 1.165) is 17.0 Å². The van der Waals surface area contributed by atoms with Gasteiger partial charge in [0, 0.05) is 23.2 Å². The van der Waals surface area contributed by atoms with Gasteiger partial charge in [-0.25, -0.2) is 9.37 Å². The van der Waals surface area contributed by atoms with E-state index >= 15 is 0 Å². The van der Waals surface area contributed by atoms with Gasteiger partial charge in [0.15, 0.2) is 16.1 Å². The number of anilines is 2. The molecule has 2 aliphatic rings. The zero-order valence-electron chi connectivity index (χ0n) is 17.8. The van der Waals surface area contributed by atoms with E-state index in [-0.39, 0.29) is 27.4 Å². The van der Waals surface area contributed by atoms with Crippen molar-refractivity contribution in [1.29, 1.82) is 0 Å². The second-order valence-electron chi connectivity index (χ2n) is 8.15. The molecule has 0 aliphatic carbocycles. The first-order valence-corrected chi connectivity index (χ1v) is 11.0. The van der Waals surface area contributed by atoms with Crippen LogP contribution in [0.15, 0.2) is 51.7 Å². The SMILES string of the molecule is Cc1nc(N2C(=O)c3oc4ccc(F)cc4c(=O)c3C23C(=O)N(C)c2ccccc23)sc1C. The maximum Gasteiger partial charge on any atom is 0.297 e. The van der Waals surface area contributed by atoms with Crippen LogP contribution in [0.1, 0.15) is 32.3 Å². The molecule has 1 atom stereocenters. The Labute approximate surface area is 190 Å². The molecule has 0 fully saturated rings. The fourth-order valence-corrected chi connectivity index (χ4v) is 5.75. The maximum atomic E-state index is 14.0. The summed E-state index contributed by atoms with van der Waals surface area (Å²) in [6, 6.07) is 10.5. The number of benzene rings is 2. The number of para-hydroxylation sites is 1. The number of aromatic nitrogens is 1. The molecule has 0 saturated carbocycles. The van der Waals surface area contributed by atoms with E-state index in [1.165, 1.54) is 27.2 Å². The van der Waals surface area contributed by atoms with Gasteiger partial charge in [0.05, 0.1) is 16.6 Å². The van der Waals surface area contributed by atoms with Crippen LogP contribution in [-0.4, -0.2) is 23.8 Å². The minimum Gasteiger partial charge on any atom is -0.450 e. The molecule has 4 heterocycles. The first kappa shape index (κ1) is 19.8. The van der Waals surface area contributed by atoms with Gasteiger partial charge in [0.1, 0.15) is 11.4 Å². The third kappa shape index (κ3) is 2.27. The van der Waals surface area contributed by atoms with Gasteiger partial charge in [-0.3, -0.25) is 19.3 Å². The van der Waals surface area contributed by atoms with Gasteiger partial charge in [-0.1, -0.05) is 18.2 Å². The van der Waals surface area contributed by atoms with E-state index in [2.05, 4.69) is 4.98 Å². The number of nitrogens with zero attached hydrogens (tertiary/aromatic N) is 3. The Morgan fingerprint density at radius 1 is 1.09 bits per heavy atom. The van der Waals surface area contributed by atoms with Crippen molar-refractivity contribution in [3.63, 3.8) is 0 Å².